The monoisotopic (exact) mass is 272 g/mol. The van der Waals surface area contributed by atoms with Gasteiger partial charge in [-0.2, -0.15) is 0 Å². The maximum Gasteiger partial charge on any atom is 0.182 e. The van der Waals surface area contributed by atoms with E-state index in [9.17, 15) is 9.90 Å². The van der Waals surface area contributed by atoms with E-state index in [-0.39, 0.29) is 16.9 Å². The van der Waals surface area contributed by atoms with Crippen LogP contribution in [0.1, 0.15) is 32.8 Å². The van der Waals surface area contributed by atoms with E-state index in [0.29, 0.717) is 5.75 Å². The van der Waals surface area contributed by atoms with Gasteiger partial charge in [0.2, 0.25) is 0 Å². The highest BCUT2D eigenvalue weighted by atomic mass is 16.5. The van der Waals surface area contributed by atoms with Crippen LogP contribution in [0.5, 0.6) is 11.5 Å². The third-order valence-electron chi connectivity index (χ3n) is 3.61. The summed E-state index contributed by atoms with van der Waals surface area (Å²) in [5, 5.41) is 9.61. The fraction of sp³-hybridized carbons (Fsp3) is 0.353. The molecule has 0 saturated carbocycles. The van der Waals surface area contributed by atoms with Crippen molar-refractivity contribution in [1.29, 1.82) is 0 Å². The zero-order valence-corrected chi connectivity index (χ0v) is 12.4. The number of ketones is 1. The maximum absolute atomic E-state index is 12.2. The molecule has 3 nitrogen and oxygen atoms in total. The summed E-state index contributed by atoms with van der Waals surface area (Å²) in [7, 11) is 1.51. The third kappa shape index (κ3) is 2.77. The molecule has 1 aromatic carbocycles. The van der Waals surface area contributed by atoms with Crippen molar-refractivity contribution < 1.29 is 14.6 Å². The summed E-state index contributed by atoms with van der Waals surface area (Å²) in [5.41, 5.74) is 2.57. The van der Waals surface area contributed by atoms with Crippen molar-refractivity contribution in [2.24, 2.45) is 5.41 Å². The minimum Gasteiger partial charge on any atom is -0.504 e. The quantitative estimate of drug-likeness (QED) is 0.834. The van der Waals surface area contributed by atoms with Gasteiger partial charge >= 0.3 is 0 Å². The molecule has 1 aliphatic carbocycles. The SMILES string of the molecule is COc1cc(/C=C2\C(=O)C=C(C)CC2(C)C)ccc1O. The zero-order valence-electron chi connectivity index (χ0n) is 12.4. The summed E-state index contributed by atoms with van der Waals surface area (Å²) < 4.78 is 5.09. The Morgan fingerprint density at radius 1 is 1.35 bits per heavy atom. The van der Waals surface area contributed by atoms with Crippen LogP contribution in [0.3, 0.4) is 0 Å². The van der Waals surface area contributed by atoms with Gasteiger partial charge < -0.3 is 9.84 Å². The van der Waals surface area contributed by atoms with Crippen LogP contribution in [0, 0.1) is 5.41 Å². The van der Waals surface area contributed by atoms with Gasteiger partial charge in [0.05, 0.1) is 7.11 Å². The van der Waals surface area contributed by atoms with Crippen LogP contribution in [0.25, 0.3) is 6.08 Å². The van der Waals surface area contributed by atoms with Crippen molar-refractivity contribution in [3.8, 4) is 11.5 Å². The summed E-state index contributed by atoms with van der Waals surface area (Å²) >= 11 is 0. The first-order valence-electron chi connectivity index (χ1n) is 6.64. The van der Waals surface area contributed by atoms with Crippen molar-refractivity contribution in [3.05, 3.63) is 41.0 Å². The molecule has 106 valence electrons. The molecule has 0 spiro atoms. The molecule has 0 saturated heterocycles. The van der Waals surface area contributed by atoms with Crippen LogP contribution in [-0.4, -0.2) is 18.0 Å². The Bertz CT molecular complexity index is 607. The molecule has 20 heavy (non-hydrogen) atoms. The molecular weight excluding hydrogens is 252 g/mol. The molecule has 1 N–H and O–H groups in total. The summed E-state index contributed by atoms with van der Waals surface area (Å²) in [6.45, 7) is 6.13. The Balaban J connectivity index is 2.46. The minimum absolute atomic E-state index is 0.0609. The predicted octanol–water partition coefficient (Wildman–Crippen LogP) is 3.73. The number of methoxy groups -OCH3 is 1. The Hall–Kier alpha value is -2.03. The van der Waals surface area contributed by atoms with E-state index in [1.54, 1.807) is 24.3 Å². The standard InChI is InChI=1S/C17H20O3/c1-11-7-15(19)13(17(2,3)10-11)8-12-5-6-14(18)16(9-12)20-4/h5-9,18H,10H2,1-4H3/b13-8+. The second-order valence-corrected chi connectivity index (χ2v) is 5.90. The van der Waals surface area contributed by atoms with E-state index < -0.39 is 0 Å². The Morgan fingerprint density at radius 3 is 2.65 bits per heavy atom. The van der Waals surface area contributed by atoms with Gasteiger partial charge in [-0.3, -0.25) is 4.79 Å². The molecule has 2 rings (SSSR count). The molecule has 0 fully saturated rings. The molecule has 0 radical (unpaired) electrons. The largest absolute Gasteiger partial charge is 0.504 e. The molecule has 0 aromatic heterocycles. The molecule has 1 aromatic rings. The van der Waals surface area contributed by atoms with Gasteiger partial charge in [-0.25, -0.2) is 0 Å². The van der Waals surface area contributed by atoms with Crippen molar-refractivity contribution >= 4 is 11.9 Å². The number of rotatable bonds is 2. The molecule has 0 bridgehead atoms. The minimum atomic E-state index is -0.180. The average molecular weight is 272 g/mol. The number of phenolic OH excluding ortho intramolecular Hbond substituents is 1. The topological polar surface area (TPSA) is 46.5 Å². The third-order valence-corrected chi connectivity index (χ3v) is 3.61. The molecule has 0 heterocycles. The highest BCUT2D eigenvalue weighted by molar-refractivity contribution is 6.09. The summed E-state index contributed by atoms with van der Waals surface area (Å²) in [4.78, 5) is 12.2. The Kier molecular flexibility index (Phi) is 3.71. The summed E-state index contributed by atoms with van der Waals surface area (Å²) in [6.07, 6.45) is 4.46. The first-order chi connectivity index (χ1) is 9.33. The fourth-order valence-electron chi connectivity index (χ4n) is 2.70. The van der Waals surface area contributed by atoms with Crippen molar-refractivity contribution in [3.63, 3.8) is 0 Å². The highest BCUT2D eigenvalue weighted by Crippen LogP contribution is 2.39. The summed E-state index contributed by atoms with van der Waals surface area (Å²) in [5.74, 6) is 0.567. The zero-order chi connectivity index (χ0) is 14.9. The van der Waals surface area contributed by atoms with Gasteiger partial charge in [-0.05, 0) is 48.6 Å². The lowest BCUT2D eigenvalue weighted by Crippen LogP contribution is -2.25. The smallest absolute Gasteiger partial charge is 0.182 e. The van der Waals surface area contributed by atoms with E-state index in [1.165, 1.54) is 7.11 Å². The molecule has 3 heteroatoms. The van der Waals surface area contributed by atoms with E-state index >= 15 is 0 Å². The van der Waals surface area contributed by atoms with Gasteiger partial charge in [0.15, 0.2) is 17.3 Å². The summed E-state index contributed by atoms with van der Waals surface area (Å²) in [6, 6.07) is 5.09. The number of aromatic hydroxyl groups is 1. The lowest BCUT2D eigenvalue weighted by atomic mass is 9.72. The normalized spacial score (nSPS) is 19.9. The van der Waals surface area contributed by atoms with E-state index in [2.05, 4.69) is 13.8 Å². The number of carbonyl (C=O) groups excluding carboxylic acids is 1. The second-order valence-electron chi connectivity index (χ2n) is 5.90. The first kappa shape index (κ1) is 14.4. The second kappa shape index (κ2) is 5.16. The van der Waals surface area contributed by atoms with E-state index in [1.807, 2.05) is 13.0 Å². The van der Waals surface area contributed by atoms with Gasteiger partial charge in [-0.15, -0.1) is 0 Å². The maximum atomic E-state index is 12.2. The van der Waals surface area contributed by atoms with Gasteiger partial charge in [0, 0.05) is 5.57 Å². The van der Waals surface area contributed by atoms with Crippen LogP contribution in [-0.2, 0) is 4.79 Å². The number of allylic oxidation sites excluding steroid dienone is 3. The van der Waals surface area contributed by atoms with Crippen LogP contribution in [0.4, 0.5) is 0 Å². The molecule has 0 unspecified atom stereocenters. The van der Waals surface area contributed by atoms with Gasteiger partial charge in [0.25, 0.3) is 0 Å². The number of benzene rings is 1. The predicted molar refractivity (Wildman–Crippen MR) is 79.8 cm³/mol. The van der Waals surface area contributed by atoms with E-state index in [4.69, 9.17) is 4.74 Å². The molecular formula is C17H20O3. The lowest BCUT2D eigenvalue weighted by Gasteiger charge is -2.31. The number of carbonyl (C=O) groups is 1. The number of hydrogen-bond acceptors (Lipinski definition) is 3. The van der Waals surface area contributed by atoms with Crippen LogP contribution < -0.4 is 4.74 Å². The van der Waals surface area contributed by atoms with Crippen LogP contribution >= 0.6 is 0 Å². The van der Waals surface area contributed by atoms with Crippen LogP contribution in [0.2, 0.25) is 0 Å². The molecule has 0 aliphatic heterocycles. The van der Waals surface area contributed by atoms with Crippen molar-refractivity contribution in [2.75, 3.05) is 7.11 Å². The Morgan fingerprint density at radius 2 is 2.05 bits per heavy atom. The van der Waals surface area contributed by atoms with E-state index in [0.717, 1.165) is 23.1 Å². The van der Waals surface area contributed by atoms with Crippen molar-refractivity contribution in [1.82, 2.24) is 0 Å². The molecule has 1 aliphatic rings. The van der Waals surface area contributed by atoms with Gasteiger partial charge in [-0.1, -0.05) is 25.5 Å². The fourth-order valence-corrected chi connectivity index (χ4v) is 2.70. The average Bonchev–Trinajstić information content (AvgIpc) is 2.34. The first-order valence-corrected chi connectivity index (χ1v) is 6.64. The number of hydrogen-bond donors (Lipinski definition) is 1. The molecule has 0 amide bonds. The van der Waals surface area contributed by atoms with Gasteiger partial charge in [0.1, 0.15) is 0 Å². The highest BCUT2D eigenvalue weighted by Gasteiger charge is 2.31. The van der Waals surface area contributed by atoms with Crippen LogP contribution in [0.15, 0.2) is 35.4 Å². The Labute approximate surface area is 119 Å². The van der Waals surface area contributed by atoms with Crippen molar-refractivity contribution in [2.45, 2.75) is 27.2 Å². The number of ether oxygens (including phenoxy) is 1. The number of phenols is 1. The molecule has 0 atom stereocenters. The lowest BCUT2D eigenvalue weighted by molar-refractivity contribution is -0.112.